The first-order valence-corrected chi connectivity index (χ1v) is 21.4. The molecule has 0 radical (unpaired) electrons. The number of hydrogen-bond donors (Lipinski definition) is 0. The van der Waals surface area contributed by atoms with Crippen molar-refractivity contribution in [2.75, 3.05) is 21.4 Å². The van der Waals surface area contributed by atoms with Gasteiger partial charge in [-0.1, -0.05) is 153 Å². The van der Waals surface area contributed by atoms with Crippen LogP contribution in [0.3, 0.4) is 0 Å². The number of pyridine rings is 1. The van der Waals surface area contributed by atoms with E-state index in [4.69, 9.17) is 4.98 Å². The fourth-order valence-electron chi connectivity index (χ4n) is 9.22. The van der Waals surface area contributed by atoms with Crippen LogP contribution in [0.4, 0.5) is 39.8 Å². The summed E-state index contributed by atoms with van der Waals surface area (Å²) in [4.78, 5) is 12.3. The van der Waals surface area contributed by atoms with Crippen molar-refractivity contribution >= 4 is 61.6 Å². The van der Waals surface area contributed by atoms with Crippen molar-refractivity contribution in [3.63, 3.8) is 0 Å². The number of hydrogen-bond acceptors (Lipinski definition) is 4. The molecule has 0 N–H and O–H groups in total. The summed E-state index contributed by atoms with van der Waals surface area (Å²) in [5, 5.41) is 2.38. The number of benzene rings is 8. The molecule has 0 spiro atoms. The largest absolute Gasteiger partial charge is 0.321 e. The number of fused-ring (bicyclic) bond motifs is 4. The van der Waals surface area contributed by atoms with Gasteiger partial charge in [0.15, 0.2) is 0 Å². The van der Waals surface area contributed by atoms with E-state index in [1.54, 1.807) is 0 Å². The van der Waals surface area contributed by atoms with E-state index < -0.39 is 0 Å². The summed E-state index contributed by atoms with van der Waals surface area (Å²) in [6.07, 6.45) is 1.95. The highest BCUT2D eigenvalue weighted by Crippen LogP contribution is 2.50. The maximum Gasteiger partial charge on any atom is 0.137 e. The van der Waals surface area contributed by atoms with Crippen LogP contribution in [0.15, 0.2) is 219 Å². The van der Waals surface area contributed by atoms with Crippen LogP contribution in [0.2, 0.25) is 0 Å². The molecule has 0 saturated heterocycles. The minimum absolute atomic E-state index is 0.372. The molecule has 1 aliphatic rings. The molecule has 1 aliphatic heterocycles. The van der Waals surface area contributed by atoms with Gasteiger partial charge in [0, 0.05) is 50.8 Å². The second-order valence-electron chi connectivity index (χ2n) is 16.3. The van der Waals surface area contributed by atoms with Crippen LogP contribution in [0.5, 0.6) is 0 Å². The standard InChI is InChI=1S/C57H45N5/c1-40(2)43-34-35-58-56(36-43)62-52-29-13-12-26-50(52)51-33-32-47(38-55(51)62)61(57-48(41-18-6-3-7-19-41)27-17-28-49(57)42-20-8-4-9-21-42)46-25-16-24-45(37-46)60-39-59(44-22-10-5-11-23-44)53-30-14-15-31-54(53)60/h3-38,40H,39H2,1-2H3. The van der Waals surface area contributed by atoms with Gasteiger partial charge in [0.1, 0.15) is 12.5 Å². The lowest BCUT2D eigenvalue weighted by Crippen LogP contribution is -2.24. The van der Waals surface area contributed by atoms with Gasteiger partial charge in [-0.15, -0.1) is 0 Å². The van der Waals surface area contributed by atoms with Gasteiger partial charge in [-0.05, 0) is 95.4 Å². The summed E-state index contributed by atoms with van der Waals surface area (Å²) in [5.74, 6) is 1.29. The molecule has 298 valence electrons. The van der Waals surface area contributed by atoms with Crippen molar-refractivity contribution < 1.29 is 0 Å². The van der Waals surface area contributed by atoms with Crippen LogP contribution < -0.4 is 14.7 Å². The first-order chi connectivity index (χ1) is 30.6. The molecule has 10 aromatic rings. The Morgan fingerprint density at radius 2 is 1.03 bits per heavy atom. The molecule has 0 saturated carbocycles. The van der Waals surface area contributed by atoms with Crippen LogP contribution in [0.1, 0.15) is 25.3 Å². The van der Waals surface area contributed by atoms with Crippen molar-refractivity contribution in [3.05, 3.63) is 224 Å². The lowest BCUT2D eigenvalue weighted by Gasteiger charge is -2.31. The van der Waals surface area contributed by atoms with Crippen molar-refractivity contribution in [3.8, 4) is 28.1 Å². The molecule has 3 heterocycles. The van der Waals surface area contributed by atoms with Crippen molar-refractivity contribution in [1.29, 1.82) is 0 Å². The van der Waals surface area contributed by atoms with Crippen LogP contribution in [0, 0.1) is 0 Å². The summed E-state index contributed by atoms with van der Waals surface area (Å²) >= 11 is 0. The Hall–Kier alpha value is -7.89. The zero-order valence-corrected chi connectivity index (χ0v) is 34.8. The zero-order chi connectivity index (χ0) is 41.6. The van der Waals surface area contributed by atoms with E-state index in [2.05, 4.69) is 245 Å². The minimum atomic E-state index is 0.372. The molecule has 2 aromatic heterocycles. The first-order valence-electron chi connectivity index (χ1n) is 21.4. The molecule has 0 aliphatic carbocycles. The topological polar surface area (TPSA) is 27.5 Å². The highest BCUT2D eigenvalue weighted by atomic mass is 15.4. The third-order valence-corrected chi connectivity index (χ3v) is 12.2. The summed E-state index contributed by atoms with van der Waals surface area (Å²) in [5.41, 5.74) is 15.9. The zero-order valence-electron chi connectivity index (χ0n) is 34.8. The van der Waals surface area contributed by atoms with E-state index in [-0.39, 0.29) is 0 Å². The second-order valence-corrected chi connectivity index (χ2v) is 16.3. The Balaban J connectivity index is 1.17. The molecule has 62 heavy (non-hydrogen) atoms. The fourth-order valence-corrected chi connectivity index (χ4v) is 9.22. The maximum absolute atomic E-state index is 5.00. The summed E-state index contributed by atoms with van der Waals surface area (Å²) < 4.78 is 2.34. The molecule has 5 heteroatoms. The third kappa shape index (κ3) is 6.46. The normalized spacial score (nSPS) is 12.4. The lowest BCUT2D eigenvalue weighted by atomic mass is 9.94. The van der Waals surface area contributed by atoms with Crippen molar-refractivity contribution in [2.45, 2.75) is 19.8 Å². The number of para-hydroxylation sites is 5. The second kappa shape index (κ2) is 15.6. The van der Waals surface area contributed by atoms with Crippen LogP contribution in [0.25, 0.3) is 49.9 Å². The van der Waals surface area contributed by atoms with Crippen LogP contribution >= 0.6 is 0 Å². The van der Waals surface area contributed by atoms with E-state index in [0.717, 1.165) is 61.9 Å². The van der Waals surface area contributed by atoms with Gasteiger partial charge in [-0.3, -0.25) is 4.57 Å². The van der Waals surface area contributed by atoms with Crippen molar-refractivity contribution in [2.24, 2.45) is 0 Å². The summed E-state index contributed by atoms with van der Waals surface area (Å²) in [6.45, 7) is 5.17. The molecule has 0 amide bonds. The Labute approximate surface area is 363 Å². The molecule has 0 unspecified atom stereocenters. The smallest absolute Gasteiger partial charge is 0.137 e. The monoisotopic (exact) mass is 799 g/mol. The Kier molecular flexibility index (Phi) is 9.35. The quantitative estimate of drug-likeness (QED) is 0.145. The maximum atomic E-state index is 5.00. The van der Waals surface area contributed by atoms with E-state index in [9.17, 15) is 0 Å². The predicted octanol–water partition coefficient (Wildman–Crippen LogP) is 15.4. The molecule has 11 rings (SSSR count). The van der Waals surface area contributed by atoms with Gasteiger partial charge in [0.25, 0.3) is 0 Å². The van der Waals surface area contributed by atoms with Gasteiger partial charge >= 0.3 is 0 Å². The molecule has 0 fully saturated rings. The summed E-state index contributed by atoms with van der Waals surface area (Å²) in [7, 11) is 0. The molecule has 5 nitrogen and oxygen atoms in total. The average Bonchev–Trinajstić information content (AvgIpc) is 3.89. The van der Waals surface area contributed by atoms with E-state index in [0.29, 0.717) is 12.6 Å². The number of anilines is 7. The van der Waals surface area contributed by atoms with E-state index in [1.807, 2.05) is 6.20 Å². The van der Waals surface area contributed by atoms with E-state index >= 15 is 0 Å². The highest BCUT2D eigenvalue weighted by molar-refractivity contribution is 6.11. The average molecular weight is 800 g/mol. The lowest BCUT2D eigenvalue weighted by molar-refractivity contribution is 0.858. The Morgan fingerprint density at radius 3 is 1.73 bits per heavy atom. The first kappa shape index (κ1) is 37.1. The van der Waals surface area contributed by atoms with Gasteiger partial charge in [0.2, 0.25) is 0 Å². The van der Waals surface area contributed by atoms with Gasteiger partial charge < -0.3 is 14.7 Å². The number of aromatic nitrogens is 2. The molecular weight excluding hydrogens is 755 g/mol. The predicted molar refractivity (Wildman–Crippen MR) is 260 cm³/mol. The SMILES string of the molecule is CC(C)c1ccnc(-n2c3ccccc3c3ccc(N(c4cccc(N5CN(c6ccccc6)c6ccccc65)c4)c4c(-c5ccccc5)cccc4-c4ccccc4)cc32)c1. The van der Waals surface area contributed by atoms with E-state index in [1.165, 1.54) is 33.4 Å². The minimum Gasteiger partial charge on any atom is -0.321 e. The number of rotatable bonds is 9. The molecule has 0 bridgehead atoms. The highest BCUT2D eigenvalue weighted by Gasteiger charge is 2.29. The van der Waals surface area contributed by atoms with Gasteiger partial charge in [0.05, 0.1) is 28.1 Å². The fraction of sp³-hybridized carbons (Fsp3) is 0.0702. The van der Waals surface area contributed by atoms with Gasteiger partial charge in [-0.25, -0.2) is 4.98 Å². The Bertz CT molecular complexity index is 3150. The molecule has 8 aromatic carbocycles. The Morgan fingerprint density at radius 1 is 0.468 bits per heavy atom. The van der Waals surface area contributed by atoms with Crippen LogP contribution in [-0.4, -0.2) is 16.2 Å². The number of nitrogens with zero attached hydrogens (tertiary/aromatic N) is 5. The summed E-state index contributed by atoms with van der Waals surface area (Å²) in [6, 6.07) is 76.8. The van der Waals surface area contributed by atoms with Crippen molar-refractivity contribution in [1.82, 2.24) is 9.55 Å². The van der Waals surface area contributed by atoms with Gasteiger partial charge in [-0.2, -0.15) is 0 Å². The molecule has 0 atom stereocenters. The van der Waals surface area contributed by atoms with Crippen LogP contribution in [-0.2, 0) is 0 Å². The third-order valence-electron chi connectivity index (χ3n) is 12.2. The molecular formula is C57H45N5.